The molecule has 0 spiro atoms. The molecule has 0 aliphatic heterocycles. The van der Waals surface area contributed by atoms with Gasteiger partial charge in [0, 0.05) is 18.5 Å². The maximum atomic E-state index is 12.9. The lowest BCUT2D eigenvalue weighted by atomic mass is 10.0. The smallest absolute Gasteiger partial charge is 0.293 e. The SMILES string of the molecule is Cc1ccc(NS(=O)(=O)c2ccc(N[C@H](c3ncc[nH]3)C(C)C)c([N+](=O)[O-])c2)c(C)c1. The number of hydrogen-bond acceptors (Lipinski definition) is 6. The monoisotopic (exact) mass is 443 g/mol. The molecule has 164 valence electrons. The molecule has 1 atom stereocenters. The predicted octanol–water partition coefficient (Wildman–Crippen LogP) is 4.54. The Bertz CT molecular complexity index is 1190. The summed E-state index contributed by atoms with van der Waals surface area (Å²) in [5.41, 5.74) is 2.07. The van der Waals surface area contributed by atoms with Crippen molar-refractivity contribution in [1.29, 1.82) is 0 Å². The van der Waals surface area contributed by atoms with Crippen molar-refractivity contribution in [1.82, 2.24) is 9.97 Å². The average Bonchev–Trinajstić information content (AvgIpc) is 3.22. The lowest BCUT2D eigenvalue weighted by Crippen LogP contribution is -2.19. The van der Waals surface area contributed by atoms with Gasteiger partial charge < -0.3 is 10.3 Å². The second kappa shape index (κ2) is 8.76. The Morgan fingerprint density at radius 3 is 2.39 bits per heavy atom. The van der Waals surface area contributed by atoms with Gasteiger partial charge >= 0.3 is 0 Å². The quantitative estimate of drug-likeness (QED) is 0.346. The van der Waals surface area contributed by atoms with E-state index >= 15 is 0 Å². The average molecular weight is 444 g/mol. The molecule has 2 aromatic carbocycles. The van der Waals surface area contributed by atoms with Gasteiger partial charge in [-0.25, -0.2) is 13.4 Å². The van der Waals surface area contributed by atoms with Crippen LogP contribution in [0.4, 0.5) is 17.1 Å². The number of aromatic amines is 1. The molecule has 0 fully saturated rings. The summed E-state index contributed by atoms with van der Waals surface area (Å²) in [6.45, 7) is 7.62. The highest BCUT2D eigenvalue weighted by Crippen LogP contribution is 2.33. The number of rotatable bonds is 8. The molecule has 9 nitrogen and oxygen atoms in total. The van der Waals surface area contributed by atoms with Gasteiger partial charge in [0.2, 0.25) is 0 Å². The van der Waals surface area contributed by atoms with E-state index < -0.39 is 14.9 Å². The number of nitro groups is 1. The number of hydrogen-bond donors (Lipinski definition) is 3. The maximum absolute atomic E-state index is 12.9. The van der Waals surface area contributed by atoms with Crippen molar-refractivity contribution in [3.63, 3.8) is 0 Å². The van der Waals surface area contributed by atoms with Crippen LogP contribution in [0.2, 0.25) is 0 Å². The number of sulfonamides is 1. The zero-order valence-corrected chi connectivity index (χ0v) is 18.5. The van der Waals surface area contributed by atoms with Crippen molar-refractivity contribution in [2.75, 3.05) is 10.0 Å². The van der Waals surface area contributed by atoms with E-state index in [0.29, 0.717) is 11.5 Å². The van der Waals surface area contributed by atoms with Gasteiger partial charge in [-0.3, -0.25) is 14.8 Å². The van der Waals surface area contributed by atoms with Crippen molar-refractivity contribution in [3.05, 3.63) is 75.9 Å². The number of anilines is 2. The molecule has 10 heteroatoms. The molecule has 0 amide bonds. The van der Waals surface area contributed by atoms with E-state index in [1.54, 1.807) is 31.5 Å². The summed E-state index contributed by atoms with van der Waals surface area (Å²) >= 11 is 0. The standard InChI is InChI=1S/C21H25N5O4S/c1-13(2)20(21-22-9-10-23-21)24-18-8-6-16(12-19(18)26(27)28)31(29,30)25-17-7-5-14(3)11-15(17)4/h5-13,20,24-25H,1-4H3,(H,22,23)/t20-/m0/s1. The zero-order valence-electron chi connectivity index (χ0n) is 17.7. The topological polar surface area (TPSA) is 130 Å². The number of benzene rings is 2. The van der Waals surface area contributed by atoms with Gasteiger partial charge in [0.05, 0.1) is 21.5 Å². The van der Waals surface area contributed by atoms with Gasteiger partial charge in [0.15, 0.2) is 0 Å². The number of aryl methyl sites for hydroxylation is 2. The zero-order chi connectivity index (χ0) is 22.8. The number of nitrogens with zero attached hydrogens (tertiary/aromatic N) is 2. The van der Waals surface area contributed by atoms with Crippen molar-refractivity contribution >= 4 is 27.1 Å². The van der Waals surface area contributed by atoms with Crippen LogP contribution < -0.4 is 10.0 Å². The van der Waals surface area contributed by atoms with Crippen molar-refractivity contribution < 1.29 is 13.3 Å². The summed E-state index contributed by atoms with van der Waals surface area (Å²) in [6, 6.07) is 8.82. The number of aromatic nitrogens is 2. The molecule has 0 bridgehead atoms. The van der Waals surface area contributed by atoms with Crippen LogP contribution in [0, 0.1) is 29.9 Å². The van der Waals surface area contributed by atoms with E-state index in [0.717, 1.165) is 17.2 Å². The van der Waals surface area contributed by atoms with Crippen molar-refractivity contribution in [2.45, 2.75) is 38.6 Å². The Morgan fingerprint density at radius 1 is 1.10 bits per heavy atom. The molecular weight excluding hydrogens is 418 g/mol. The number of nitrogens with one attached hydrogen (secondary N) is 3. The fourth-order valence-corrected chi connectivity index (χ4v) is 4.40. The third-order valence-corrected chi connectivity index (χ3v) is 6.26. The van der Waals surface area contributed by atoms with E-state index in [1.165, 1.54) is 12.1 Å². The van der Waals surface area contributed by atoms with Crippen LogP contribution in [0.25, 0.3) is 0 Å². The predicted molar refractivity (Wildman–Crippen MR) is 120 cm³/mol. The minimum absolute atomic E-state index is 0.0698. The first-order valence-electron chi connectivity index (χ1n) is 9.73. The van der Waals surface area contributed by atoms with Gasteiger partial charge in [-0.05, 0) is 43.5 Å². The third kappa shape index (κ3) is 5.02. The summed E-state index contributed by atoms with van der Waals surface area (Å²) in [5.74, 6) is 0.706. The molecule has 1 aromatic heterocycles. The minimum atomic E-state index is -4.01. The largest absolute Gasteiger partial charge is 0.369 e. The first-order valence-corrected chi connectivity index (χ1v) is 11.2. The fraction of sp³-hybridized carbons (Fsp3) is 0.286. The van der Waals surface area contributed by atoms with Gasteiger partial charge in [0.1, 0.15) is 11.5 Å². The Labute approximate surface area is 181 Å². The lowest BCUT2D eigenvalue weighted by molar-refractivity contribution is -0.384. The van der Waals surface area contributed by atoms with Crippen LogP contribution in [-0.2, 0) is 10.0 Å². The molecule has 0 saturated heterocycles. The number of nitro benzene ring substituents is 1. The molecule has 0 unspecified atom stereocenters. The van der Waals surface area contributed by atoms with Gasteiger partial charge in [-0.15, -0.1) is 0 Å². The molecule has 3 N–H and O–H groups in total. The third-order valence-electron chi connectivity index (χ3n) is 4.89. The molecule has 0 aliphatic rings. The molecule has 0 aliphatic carbocycles. The Balaban J connectivity index is 1.95. The second-order valence-electron chi connectivity index (χ2n) is 7.70. The number of H-pyrrole nitrogens is 1. The summed E-state index contributed by atoms with van der Waals surface area (Å²) < 4.78 is 28.3. The summed E-state index contributed by atoms with van der Waals surface area (Å²) in [5, 5.41) is 14.8. The first-order chi connectivity index (χ1) is 14.6. The highest BCUT2D eigenvalue weighted by molar-refractivity contribution is 7.92. The van der Waals surface area contributed by atoms with E-state index in [2.05, 4.69) is 20.0 Å². The number of imidazole rings is 1. The summed E-state index contributed by atoms with van der Waals surface area (Å²) in [6.07, 6.45) is 3.28. The minimum Gasteiger partial charge on any atom is -0.369 e. The summed E-state index contributed by atoms with van der Waals surface area (Å²) in [4.78, 5) is 18.2. The summed E-state index contributed by atoms with van der Waals surface area (Å²) in [7, 11) is -4.01. The first kappa shape index (κ1) is 22.3. The van der Waals surface area contributed by atoms with Crippen molar-refractivity contribution in [3.8, 4) is 0 Å². The van der Waals surface area contributed by atoms with Crippen LogP contribution in [0.3, 0.4) is 0 Å². The van der Waals surface area contributed by atoms with Gasteiger partial charge in [0.25, 0.3) is 15.7 Å². The highest BCUT2D eigenvalue weighted by atomic mass is 32.2. The molecule has 0 saturated carbocycles. The normalized spacial score (nSPS) is 12.5. The van der Waals surface area contributed by atoms with Crippen molar-refractivity contribution in [2.24, 2.45) is 5.92 Å². The van der Waals surface area contributed by atoms with Crippen LogP contribution in [-0.4, -0.2) is 23.3 Å². The van der Waals surface area contributed by atoms with E-state index in [1.807, 2.05) is 26.8 Å². The van der Waals surface area contributed by atoms with Crippen LogP contribution >= 0.6 is 0 Å². The van der Waals surface area contributed by atoms with Crippen LogP contribution in [0.5, 0.6) is 0 Å². The molecule has 3 aromatic rings. The van der Waals surface area contributed by atoms with E-state index in [4.69, 9.17) is 0 Å². The Hall–Kier alpha value is -3.40. The highest BCUT2D eigenvalue weighted by Gasteiger charge is 2.25. The molecule has 1 heterocycles. The molecule has 0 radical (unpaired) electrons. The molecule has 31 heavy (non-hydrogen) atoms. The van der Waals surface area contributed by atoms with Gasteiger partial charge in [-0.2, -0.15) is 0 Å². The Morgan fingerprint density at radius 2 is 1.81 bits per heavy atom. The molecule has 3 rings (SSSR count). The van der Waals surface area contributed by atoms with E-state index in [-0.39, 0.29) is 28.2 Å². The van der Waals surface area contributed by atoms with Crippen LogP contribution in [0.15, 0.2) is 53.7 Å². The molecular formula is C21H25N5O4S. The Kier molecular flexibility index (Phi) is 6.30. The van der Waals surface area contributed by atoms with Crippen LogP contribution in [0.1, 0.15) is 36.8 Å². The fourth-order valence-electron chi connectivity index (χ4n) is 3.25. The second-order valence-corrected chi connectivity index (χ2v) is 9.38. The lowest BCUT2D eigenvalue weighted by Gasteiger charge is -2.21. The van der Waals surface area contributed by atoms with Gasteiger partial charge in [-0.1, -0.05) is 31.5 Å². The van der Waals surface area contributed by atoms with E-state index in [9.17, 15) is 18.5 Å². The maximum Gasteiger partial charge on any atom is 0.293 e.